The molecule has 0 aliphatic carbocycles. The van der Waals surface area contributed by atoms with Gasteiger partial charge in [-0.1, -0.05) is 23.4 Å². The van der Waals surface area contributed by atoms with E-state index >= 15 is 0 Å². The molecule has 3 N–H and O–H groups in total. The highest BCUT2D eigenvalue weighted by Gasteiger charge is 2.21. The van der Waals surface area contributed by atoms with Crippen LogP contribution in [0.15, 0.2) is 57.7 Å². The van der Waals surface area contributed by atoms with Crippen molar-refractivity contribution >= 4 is 11.9 Å². The number of nitriles is 1. The molecule has 0 fully saturated rings. The molecule has 1 heterocycles. The minimum Gasteiger partial charge on any atom is -0.496 e. The van der Waals surface area contributed by atoms with Gasteiger partial charge in [0.25, 0.3) is 0 Å². The molecule has 1 unspecified atom stereocenters. The van der Waals surface area contributed by atoms with E-state index < -0.39 is 0 Å². The van der Waals surface area contributed by atoms with Crippen molar-refractivity contribution in [1.82, 2.24) is 15.3 Å². The summed E-state index contributed by atoms with van der Waals surface area (Å²) in [4.78, 5) is 0.930. The Labute approximate surface area is 161 Å². The van der Waals surface area contributed by atoms with E-state index in [4.69, 9.17) is 15.1 Å². The number of hydrogen-bond donors (Lipinski definition) is 3. The lowest BCUT2D eigenvalue weighted by molar-refractivity contribution is 0.200. The molecule has 8 nitrogen and oxygen atoms in total. The van der Waals surface area contributed by atoms with Crippen LogP contribution in [0.4, 0.5) is 0 Å². The number of aliphatic hydroxyl groups excluding tert-OH is 1. The normalized spacial score (nSPS) is 15.7. The summed E-state index contributed by atoms with van der Waals surface area (Å²) in [7, 11) is 1.62. The largest absolute Gasteiger partial charge is 0.496 e. The zero-order valence-electron chi connectivity index (χ0n) is 14.8. The molecule has 2 aromatic rings. The van der Waals surface area contributed by atoms with Crippen LogP contribution >= 0.6 is 11.9 Å². The maximum absolute atomic E-state index is 8.86. The Morgan fingerprint density at radius 1 is 1.33 bits per heavy atom. The average molecular weight is 384 g/mol. The molecule has 0 spiro atoms. The van der Waals surface area contributed by atoms with Gasteiger partial charge in [-0.3, -0.25) is 4.72 Å². The second-order valence-corrected chi connectivity index (χ2v) is 6.67. The minimum absolute atomic E-state index is 0.0782. The van der Waals surface area contributed by atoms with Crippen molar-refractivity contribution in [2.45, 2.75) is 17.6 Å². The van der Waals surface area contributed by atoms with E-state index in [1.165, 1.54) is 11.9 Å². The molecule has 27 heavy (non-hydrogen) atoms. The fourth-order valence-corrected chi connectivity index (χ4v) is 3.22. The number of methoxy groups -OCH3 is 1. The van der Waals surface area contributed by atoms with Gasteiger partial charge in [-0.05, 0) is 47.3 Å². The Balaban J connectivity index is 1.62. The third kappa shape index (κ3) is 4.96. The molecule has 0 aromatic heterocycles. The number of nitrogens with one attached hydrogen (secondary N) is 2. The lowest BCUT2D eigenvalue weighted by atomic mass is 10.1. The van der Waals surface area contributed by atoms with Gasteiger partial charge in [0.15, 0.2) is 6.17 Å². The van der Waals surface area contributed by atoms with Crippen LogP contribution in [0.2, 0.25) is 0 Å². The van der Waals surface area contributed by atoms with Crippen molar-refractivity contribution in [1.29, 1.82) is 5.26 Å². The first-order chi connectivity index (χ1) is 13.2. The van der Waals surface area contributed by atoms with Crippen molar-refractivity contribution < 1.29 is 9.84 Å². The highest BCUT2D eigenvalue weighted by atomic mass is 32.2. The molecule has 0 amide bonds. The fourth-order valence-electron chi connectivity index (χ4n) is 2.50. The maximum atomic E-state index is 8.86. The van der Waals surface area contributed by atoms with Gasteiger partial charge in [0.1, 0.15) is 5.75 Å². The number of hydrazine groups is 1. The van der Waals surface area contributed by atoms with Gasteiger partial charge in [-0.2, -0.15) is 10.7 Å². The van der Waals surface area contributed by atoms with Crippen LogP contribution in [0.1, 0.15) is 22.9 Å². The average Bonchev–Trinajstić information content (AvgIpc) is 3.17. The lowest BCUT2D eigenvalue weighted by Gasteiger charge is -2.16. The predicted molar refractivity (Wildman–Crippen MR) is 101 cm³/mol. The summed E-state index contributed by atoms with van der Waals surface area (Å²) in [6, 6.07) is 15.3. The Morgan fingerprint density at radius 3 is 2.85 bits per heavy atom. The van der Waals surface area contributed by atoms with Gasteiger partial charge in [-0.25, -0.2) is 5.12 Å². The Morgan fingerprint density at radius 2 is 2.15 bits per heavy atom. The van der Waals surface area contributed by atoms with E-state index in [1.807, 2.05) is 30.3 Å². The van der Waals surface area contributed by atoms with E-state index in [2.05, 4.69) is 26.6 Å². The van der Waals surface area contributed by atoms with E-state index in [0.29, 0.717) is 18.7 Å². The van der Waals surface area contributed by atoms with E-state index in [9.17, 15) is 0 Å². The number of ether oxygens (including phenoxy) is 1. The third-order valence-electron chi connectivity index (χ3n) is 3.86. The van der Waals surface area contributed by atoms with Gasteiger partial charge < -0.3 is 9.84 Å². The van der Waals surface area contributed by atoms with Crippen LogP contribution in [0, 0.1) is 11.3 Å². The molecule has 0 radical (unpaired) electrons. The number of rotatable bonds is 8. The van der Waals surface area contributed by atoms with Crippen LogP contribution in [0.5, 0.6) is 5.75 Å². The highest BCUT2D eigenvalue weighted by Crippen LogP contribution is 2.32. The van der Waals surface area contributed by atoms with Crippen LogP contribution in [0.25, 0.3) is 0 Å². The van der Waals surface area contributed by atoms with Crippen LogP contribution in [0.3, 0.4) is 0 Å². The predicted octanol–water partition coefficient (Wildman–Crippen LogP) is 2.54. The Hall–Kier alpha value is -2.64. The maximum Gasteiger partial charge on any atom is 0.166 e. The molecule has 0 saturated carbocycles. The van der Waals surface area contributed by atoms with Gasteiger partial charge in [0.05, 0.1) is 36.8 Å². The topological polar surface area (TPSA) is 105 Å². The molecule has 140 valence electrons. The molecule has 1 aliphatic heterocycles. The SMILES string of the molecule is COc1cc(C2N=NN(Cc3ccc(C#N)cc3)N2)ccc1SNCCO. The third-order valence-corrected chi connectivity index (χ3v) is 4.77. The molecule has 0 bridgehead atoms. The van der Waals surface area contributed by atoms with Gasteiger partial charge in [0.2, 0.25) is 0 Å². The summed E-state index contributed by atoms with van der Waals surface area (Å²) in [6.45, 7) is 1.12. The highest BCUT2D eigenvalue weighted by molar-refractivity contribution is 7.97. The number of nitrogens with zero attached hydrogens (tertiary/aromatic N) is 4. The zero-order valence-corrected chi connectivity index (χ0v) is 15.6. The molecule has 2 aromatic carbocycles. The number of benzene rings is 2. The quantitative estimate of drug-likeness (QED) is 0.474. The summed E-state index contributed by atoms with van der Waals surface area (Å²) in [5.41, 5.74) is 5.82. The van der Waals surface area contributed by atoms with Crippen molar-refractivity contribution in [3.05, 3.63) is 59.2 Å². The molecule has 0 saturated heterocycles. The first kappa shape index (κ1) is 19.1. The van der Waals surface area contributed by atoms with Crippen molar-refractivity contribution in [3.63, 3.8) is 0 Å². The molecular weight excluding hydrogens is 364 g/mol. The minimum atomic E-state index is -0.290. The zero-order chi connectivity index (χ0) is 19.1. The molecule has 3 rings (SSSR count). The fraction of sp³-hybridized carbons (Fsp3) is 0.278. The second kappa shape index (κ2) is 9.34. The monoisotopic (exact) mass is 384 g/mol. The summed E-state index contributed by atoms with van der Waals surface area (Å²) in [5, 5.41) is 27.8. The molecule has 9 heteroatoms. The van der Waals surface area contributed by atoms with Crippen LogP contribution in [-0.4, -0.2) is 30.5 Å². The molecular formula is C18H20N6O2S. The van der Waals surface area contributed by atoms with Crippen molar-refractivity contribution in [3.8, 4) is 11.8 Å². The summed E-state index contributed by atoms with van der Waals surface area (Å²) < 4.78 is 8.52. The second-order valence-electron chi connectivity index (χ2n) is 5.73. The number of aliphatic hydroxyl groups is 1. The summed E-state index contributed by atoms with van der Waals surface area (Å²) in [6.07, 6.45) is -0.290. The smallest absolute Gasteiger partial charge is 0.166 e. The molecule has 1 aliphatic rings. The van der Waals surface area contributed by atoms with Crippen molar-refractivity contribution in [2.24, 2.45) is 10.3 Å². The van der Waals surface area contributed by atoms with Gasteiger partial charge in [-0.15, -0.1) is 5.11 Å². The number of hydrogen-bond acceptors (Lipinski definition) is 9. The first-order valence-corrected chi connectivity index (χ1v) is 9.17. The van der Waals surface area contributed by atoms with Gasteiger partial charge in [0, 0.05) is 6.54 Å². The van der Waals surface area contributed by atoms with E-state index in [1.54, 1.807) is 24.4 Å². The standard InChI is InChI=1S/C18H20N6O2S/c1-26-16-10-15(6-7-17(16)27-20-8-9-25)18-21-23-24(22-18)12-14-4-2-13(11-19)3-5-14/h2-7,10,18,20,22,25H,8-9,12H2,1H3. The Kier molecular flexibility index (Phi) is 6.62. The molecule has 1 atom stereocenters. The first-order valence-electron chi connectivity index (χ1n) is 8.35. The van der Waals surface area contributed by atoms with Crippen molar-refractivity contribution in [2.75, 3.05) is 20.3 Å². The van der Waals surface area contributed by atoms with E-state index in [-0.39, 0.29) is 12.8 Å². The lowest BCUT2D eigenvalue weighted by Crippen LogP contribution is -2.30. The van der Waals surface area contributed by atoms with Crippen LogP contribution in [-0.2, 0) is 6.54 Å². The Bertz CT molecular complexity index is 837. The summed E-state index contributed by atoms with van der Waals surface area (Å²) in [5.74, 6) is 0.727. The van der Waals surface area contributed by atoms with Gasteiger partial charge >= 0.3 is 0 Å². The van der Waals surface area contributed by atoms with E-state index in [0.717, 1.165) is 21.8 Å². The van der Waals surface area contributed by atoms with Crippen LogP contribution < -0.4 is 14.9 Å². The summed E-state index contributed by atoms with van der Waals surface area (Å²) >= 11 is 1.41.